The molecule has 2 fully saturated rings. The van der Waals surface area contributed by atoms with Gasteiger partial charge in [-0.1, -0.05) is 32.0 Å². The van der Waals surface area contributed by atoms with Gasteiger partial charge in [-0.25, -0.2) is 4.68 Å². The average Bonchev–Trinajstić information content (AvgIpc) is 3.53. The fourth-order valence-electron chi connectivity index (χ4n) is 4.38. The Labute approximate surface area is 178 Å². The van der Waals surface area contributed by atoms with Gasteiger partial charge < -0.3 is 9.64 Å². The second-order valence-corrected chi connectivity index (χ2v) is 8.66. The van der Waals surface area contributed by atoms with Crippen molar-refractivity contribution in [3.8, 4) is 5.69 Å². The molecule has 4 rings (SSSR count). The summed E-state index contributed by atoms with van der Waals surface area (Å²) in [6.07, 6.45) is 3.75. The molecule has 1 aromatic heterocycles. The Morgan fingerprint density at radius 1 is 1.17 bits per heavy atom. The van der Waals surface area contributed by atoms with Gasteiger partial charge in [-0.15, -0.1) is 0 Å². The van der Waals surface area contributed by atoms with Gasteiger partial charge in [0.05, 0.1) is 35.2 Å². The van der Waals surface area contributed by atoms with E-state index in [-0.39, 0.29) is 23.7 Å². The Morgan fingerprint density at radius 2 is 1.90 bits per heavy atom. The van der Waals surface area contributed by atoms with Gasteiger partial charge in [-0.2, -0.15) is 5.10 Å². The van der Waals surface area contributed by atoms with Crippen LogP contribution >= 0.6 is 0 Å². The average molecular weight is 410 g/mol. The van der Waals surface area contributed by atoms with Gasteiger partial charge in [0.2, 0.25) is 0 Å². The minimum Gasteiger partial charge on any atom is -0.466 e. The summed E-state index contributed by atoms with van der Waals surface area (Å²) >= 11 is 0. The number of likely N-dealkylation sites (tertiary alicyclic amines) is 1. The van der Waals surface area contributed by atoms with Crippen molar-refractivity contribution in [2.45, 2.75) is 58.3 Å². The van der Waals surface area contributed by atoms with Gasteiger partial charge in [0.25, 0.3) is 5.91 Å². The first kappa shape index (κ1) is 20.6. The van der Waals surface area contributed by atoms with Gasteiger partial charge in [0.1, 0.15) is 0 Å². The lowest BCUT2D eigenvalue weighted by Crippen LogP contribution is -2.43. The van der Waals surface area contributed by atoms with Crippen molar-refractivity contribution in [3.63, 3.8) is 0 Å². The highest BCUT2D eigenvalue weighted by Gasteiger charge is 2.38. The molecule has 160 valence electrons. The number of carbonyl (C=O) groups is 2. The van der Waals surface area contributed by atoms with Crippen LogP contribution in [0.1, 0.15) is 80.0 Å². The van der Waals surface area contributed by atoms with Crippen LogP contribution in [-0.2, 0) is 9.53 Å². The molecule has 1 saturated heterocycles. The second kappa shape index (κ2) is 8.62. The maximum atomic E-state index is 13.8. The highest BCUT2D eigenvalue weighted by atomic mass is 16.5. The molecule has 2 heterocycles. The van der Waals surface area contributed by atoms with Crippen LogP contribution in [-0.4, -0.2) is 46.3 Å². The Hall–Kier alpha value is -2.63. The fraction of sp³-hybridized carbons (Fsp3) is 0.542. The molecule has 1 aliphatic carbocycles. The molecule has 1 saturated carbocycles. The van der Waals surface area contributed by atoms with Crippen LogP contribution in [0.4, 0.5) is 0 Å². The van der Waals surface area contributed by atoms with E-state index in [0.29, 0.717) is 25.6 Å². The predicted molar refractivity (Wildman–Crippen MR) is 115 cm³/mol. The van der Waals surface area contributed by atoms with Crippen LogP contribution < -0.4 is 0 Å². The van der Waals surface area contributed by atoms with E-state index in [9.17, 15) is 9.59 Å². The maximum absolute atomic E-state index is 13.8. The molecule has 1 aliphatic heterocycles. The lowest BCUT2D eigenvalue weighted by atomic mass is 9.95. The minimum atomic E-state index is -0.237. The Bertz CT molecular complexity index is 915. The zero-order valence-electron chi connectivity index (χ0n) is 18.1. The van der Waals surface area contributed by atoms with Crippen LogP contribution in [0.3, 0.4) is 0 Å². The normalized spacial score (nSPS) is 19.2. The largest absolute Gasteiger partial charge is 0.466 e. The number of aromatic nitrogens is 2. The third-order valence-electron chi connectivity index (χ3n) is 6.00. The lowest BCUT2D eigenvalue weighted by Gasteiger charge is -2.32. The van der Waals surface area contributed by atoms with Crippen molar-refractivity contribution in [3.05, 3.63) is 47.3 Å². The van der Waals surface area contributed by atoms with Crippen molar-refractivity contribution >= 4 is 11.9 Å². The molecule has 1 atom stereocenters. The molecular weight excluding hydrogens is 378 g/mol. The van der Waals surface area contributed by atoms with Crippen molar-refractivity contribution in [2.75, 3.05) is 19.7 Å². The summed E-state index contributed by atoms with van der Waals surface area (Å²) in [5.41, 5.74) is 3.61. The first-order valence-corrected chi connectivity index (χ1v) is 11.1. The molecule has 0 spiro atoms. The molecule has 1 aromatic carbocycles. The molecule has 0 bridgehead atoms. The topological polar surface area (TPSA) is 64.4 Å². The molecule has 30 heavy (non-hydrogen) atoms. The number of amides is 1. The lowest BCUT2D eigenvalue weighted by molar-refractivity contribution is -0.149. The van der Waals surface area contributed by atoms with E-state index in [1.807, 2.05) is 46.8 Å². The summed E-state index contributed by atoms with van der Waals surface area (Å²) in [5.74, 6) is 0.0869. The molecule has 1 amide bonds. The summed E-state index contributed by atoms with van der Waals surface area (Å²) in [4.78, 5) is 27.9. The summed E-state index contributed by atoms with van der Waals surface area (Å²) in [5, 5.41) is 4.94. The van der Waals surface area contributed by atoms with E-state index in [0.717, 1.165) is 48.3 Å². The van der Waals surface area contributed by atoms with Crippen molar-refractivity contribution < 1.29 is 14.3 Å². The second-order valence-electron chi connectivity index (χ2n) is 8.66. The molecule has 2 aromatic rings. The highest BCUT2D eigenvalue weighted by molar-refractivity contribution is 5.97. The fourth-order valence-corrected chi connectivity index (χ4v) is 4.38. The number of ether oxygens (including phenoxy) is 1. The SMILES string of the molecule is CCOC(=O)[C@H]1CCCN(C(=O)c2c(C3CC3)nn(-c3ccccc3)c2C(C)C)C1. The molecule has 6 heteroatoms. The zero-order valence-corrected chi connectivity index (χ0v) is 18.1. The zero-order chi connectivity index (χ0) is 21.3. The van der Waals surface area contributed by atoms with Crippen LogP contribution in [0.15, 0.2) is 30.3 Å². The van der Waals surface area contributed by atoms with Gasteiger partial charge in [-0.05, 0) is 50.7 Å². The van der Waals surface area contributed by atoms with Gasteiger partial charge in [0, 0.05) is 19.0 Å². The quantitative estimate of drug-likeness (QED) is 0.668. The van der Waals surface area contributed by atoms with E-state index in [2.05, 4.69) is 13.8 Å². The number of nitrogens with zero attached hydrogens (tertiary/aromatic N) is 3. The molecule has 0 N–H and O–H groups in total. The number of carbonyl (C=O) groups excluding carboxylic acids is 2. The Balaban J connectivity index is 1.71. The Morgan fingerprint density at radius 3 is 2.53 bits per heavy atom. The smallest absolute Gasteiger partial charge is 0.310 e. The van der Waals surface area contributed by atoms with E-state index in [1.54, 1.807) is 0 Å². The van der Waals surface area contributed by atoms with E-state index >= 15 is 0 Å². The number of rotatable bonds is 6. The number of para-hydroxylation sites is 1. The van der Waals surface area contributed by atoms with E-state index in [4.69, 9.17) is 9.84 Å². The van der Waals surface area contributed by atoms with E-state index in [1.165, 1.54) is 0 Å². The predicted octanol–water partition coefficient (Wildman–Crippen LogP) is 4.29. The Kier molecular flexibility index (Phi) is 5.93. The summed E-state index contributed by atoms with van der Waals surface area (Å²) < 4.78 is 7.17. The first-order valence-electron chi connectivity index (χ1n) is 11.1. The van der Waals surface area contributed by atoms with Crippen molar-refractivity contribution in [2.24, 2.45) is 5.92 Å². The van der Waals surface area contributed by atoms with Crippen molar-refractivity contribution in [1.82, 2.24) is 14.7 Å². The molecule has 0 unspecified atom stereocenters. The summed E-state index contributed by atoms with van der Waals surface area (Å²) in [6.45, 7) is 7.51. The van der Waals surface area contributed by atoms with Gasteiger partial charge >= 0.3 is 5.97 Å². The van der Waals surface area contributed by atoms with Gasteiger partial charge in [0.15, 0.2) is 0 Å². The molecule has 6 nitrogen and oxygen atoms in total. The van der Waals surface area contributed by atoms with Crippen LogP contribution in [0, 0.1) is 5.92 Å². The number of hydrogen-bond acceptors (Lipinski definition) is 4. The standard InChI is InChI=1S/C24H31N3O3/c1-4-30-24(29)18-9-8-14-26(15-18)23(28)20-21(17-12-13-17)25-27(22(20)16(2)3)19-10-6-5-7-11-19/h5-7,10-11,16-18H,4,8-9,12-15H2,1-3H3/t18-/m0/s1. The number of hydrogen-bond donors (Lipinski definition) is 0. The van der Waals surface area contributed by atoms with Gasteiger partial charge in [-0.3, -0.25) is 9.59 Å². The van der Waals surface area contributed by atoms with Crippen LogP contribution in [0.25, 0.3) is 5.69 Å². The third-order valence-corrected chi connectivity index (χ3v) is 6.00. The minimum absolute atomic E-state index is 0.0109. The first-order chi connectivity index (χ1) is 14.5. The highest BCUT2D eigenvalue weighted by Crippen LogP contribution is 2.43. The molecule has 0 radical (unpaired) electrons. The summed E-state index contributed by atoms with van der Waals surface area (Å²) in [7, 11) is 0. The third kappa shape index (κ3) is 4.00. The van der Waals surface area contributed by atoms with Crippen LogP contribution in [0.2, 0.25) is 0 Å². The number of piperidine rings is 1. The molecular formula is C24H31N3O3. The number of esters is 1. The van der Waals surface area contributed by atoms with Crippen molar-refractivity contribution in [1.29, 1.82) is 0 Å². The summed E-state index contributed by atoms with van der Waals surface area (Å²) in [6, 6.07) is 10.0. The number of benzene rings is 1. The van der Waals surface area contributed by atoms with E-state index < -0.39 is 0 Å². The molecule has 2 aliphatic rings. The monoisotopic (exact) mass is 409 g/mol. The maximum Gasteiger partial charge on any atom is 0.310 e. The van der Waals surface area contributed by atoms with Crippen LogP contribution in [0.5, 0.6) is 0 Å².